The molecule has 11 heavy (non-hydrogen) atoms. The molecular weight excluding hydrogens is 143 g/mol. The van der Waals surface area contributed by atoms with Gasteiger partial charge in [0, 0.05) is 12.0 Å². The Morgan fingerprint density at radius 3 is 2.73 bits per heavy atom. The molecule has 0 saturated carbocycles. The van der Waals surface area contributed by atoms with Crippen LogP contribution in [0.4, 0.5) is 0 Å². The number of carboxylic acid groups (broad SMARTS) is 1. The van der Waals surface area contributed by atoms with Crippen molar-refractivity contribution in [2.24, 2.45) is 0 Å². The van der Waals surface area contributed by atoms with E-state index in [1.54, 1.807) is 0 Å². The van der Waals surface area contributed by atoms with Gasteiger partial charge in [0.2, 0.25) is 0 Å². The van der Waals surface area contributed by atoms with Crippen LogP contribution in [0.15, 0.2) is 11.0 Å². The van der Waals surface area contributed by atoms with E-state index in [1.165, 1.54) is 0 Å². The van der Waals surface area contributed by atoms with Crippen LogP contribution in [0.5, 0.6) is 0 Å². The van der Waals surface area contributed by atoms with Crippen LogP contribution in [-0.4, -0.2) is 30.1 Å². The fourth-order valence-electron chi connectivity index (χ4n) is 1.17. The lowest BCUT2D eigenvalue weighted by molar-refractivity contribution is -0.133. The van der Waals surface area contributed by atoms with Crippen LogP contribution in [-0.2, 0) is 4.79 Å². The van der Waals surface area contributed by atoms with E-state index in [9.17, 15) is 4.79 Å². The first-order valence-corrected chi connectivity index (χ1v) is 3.50. The maximum Gasteiger partial charge on any atom is 0.330 e. The summed E-state index contributed by atoms with van der Waals surface area (Å²) in [6.45, 7) is 0. The van der Waals surface area contributed by atoms with Gasteiger partial charge in [0.25, 0.3) is 0 Å². The number of rotatable bonds is 1. The smallest absolute Gasteiger partial charge is 0.330 e. The van der Waals surface area contributed by atoms with Crippen molar-refractivity contribution in [2.45, 2.75) is 25.4 Å². The molecule has 1 aliphatic carbocycles. The Morgan fingerprint density at radius 1 is 1.64 bits per heavy atom. The maximum atomic E-state index is 10.5. The minimum atomic E-state index is -1.01. The van der Waals surface area contributed by atoms with Gasteiger partial charge in [0.15, 0.2) is 0 Å². The van der Waals surface area contributed by atoms with E-state index >= 15 is 0 Å². The highest BCUT2D eigenvalue weighted by Crippen LogP contribution is 2.22. The number of carboxylic acids is 1. The summed E-state index contributed by atoms with van der Waals surface area (Å²) in [5.41, 5.74) is 0.576. The lowest BCUT2D eigenvalue weighted by Gasteiger charge is -2.19. The molecule has 0 fully saturated rings. The molecular formula is C7H9BO3. The van der Waals surface area contributed by atoms with Gasteiger partial charge in [-0.15, -0.1) is 5.47 Å². The molecule has 0 aromatic heterocycles. The SMILES string of the molecule is [B]C1=C(C(=O)O)CC(O)CC1. The largest absolute Gasteiger partial charge is 0.478 e. The molecule has 58 valence electrons. The zero-order chi connectivity index (χ0) is 8.43. The Bertz CT molecular complexity index is 210. The minimum absolute atomic E-state index is 0.170. The molecule has 2 N–H and O–H groups in total. The van der Waals surface area contributed by atoms with Crippen molar-refractivity contribution in [3.63, 3.8) is 0 Å². The predicted octanol–water partition coefficient (Wildman–Crippen LogP) is 0.0384. The van der Waals surface area contributed by atoms with E-state index in [2.05, 4.69) is 0 Å². The van der Waals surface area contributed by atoms with Crippen molar-refractivity contribution in [2.75, 3.05) is 0 Å². The van der Waals surface area contributed by atoms with E-state index in [1.807, 2.05) is 0 Å². The Hall–Kier alpha value is -0.765. The van der Waals surface area contributed by atoms with E-state index in [4.69, 9.17) is 18.1 Å². The third-order valence-electron chi connectivity index (χ3n) is 1.83. The zero-order valence-electron chi connectivity index (χ0n) is 6.08. The van der Waals surface area contributed by atoms with Gasteiger partial charge in [0.1, 0.15) is 7.85 Å². The summed E-state index contributed by atoms with van der Waals surface area (Å²) in [7, 11) is 5.43. The van der Waals surface area contributed by atoms with E-state index in [0.29, 0.717) is 18.3 Å². The average molecular weight is 152 g/mol. The van der Waals surface area contributed by atoms with Crippen molar-refractivity contribution in [3.05, 3.63) is 11.0 Å². The summed E-state index contributed by atoms with van der Waals surface area (Å²) in [6.07, 6.45) is 0.709. The predicted molar refractivity (Wildman–Crippen MR) is 40.3 cm³/mol. The maximum absolute atomic E-state index is 10.5. The number of aliphatic hydroxyl groups excluding tert-OH is 1. The normalized spacial score (nSPS) is 25.4. The number of carbonyl (C=O) groups is 1. The number of hydrogen-bond donors (Lipinski definition) is 2. The van der Waals surface area contributed by atoms with Crippen LogP contribution in [0, 0.1) is 0 Å². The van der Waals surface area contributed by atoms with E-state index in [0.717, 1.165) is 0 Å². The second-order valence-electron chi connectivity index (χ2n) is 2.71. The summed E-state index contributed by atoms with van der Waals surface area (Å²) in [4.78, 5) is 10.5. The fraction of sp³-hybridized carbons (Fsp3) is 0.571. The van der Waals surface area contributed by atoms with Crippen LogP contribution < -0.4 is 0 Å². The summed E-state index contributed by atoms with van der Waals surface area (Å²) in [6, 6.07) is 0. The van der Waals surface area contributed by atoms with Gasteiger partial charge < -0.3 is 10.2 Å². The first-order valence-electron chi connectivity index (χ1n) is 3.50. The molecule has 1 atom stereocenters. The molecule has 0 heterocycles. The van der Waals surface area contributed by atoms with Crippen LogP contribution in [0.25, 0.3) is 0 Å². The molecule has 0 amide bonds. The summed E-state index contributed by atoms with van der Waals surface area (Å²) in [5.74, 6) is -1.01. The number of hydrogen-bond acceptors (Lipinski definition) is 2. The average Bonchev–Trinajstić information content (AvgIpc) is 1.94. The Balaban J connectivity index is 2.80. The second-order valence-corrected chi connectivity index (χ2v) is 2.71. The van der Waals surface area contributed by atoms with Crippen LogP contribution >= 0.6 is 0 Å². The van der Waals surface area contributed by atoms with E-state index in [-0.39, 0.29) is 12.0 Å². The lowest BCUT2D eigenvalue weighted by atomic mass is 9.79. The molecule has 1 rings (SSSR count). The van der Waals surface area contributed by atoms with Gasteiger partial charge in [0.05, 0.1) is 6.10 Å². The molecule has 0 bridgehead atoms. The molecule has 1 aliphatic rings. The Labute approximate surface area is 66.1 Å². The molecule has 2 radical (unpaired) electrons. The van der Waals surface area contributed by atoms with Crippen molar-refractivity contribution in [1.29, 1.82) is 0 Å². The van der Waals surface area contributed by atoms with Crippen molar-refractivity contribution in [3.8, 4) is 0 Å². The summed E-state index contributed by atoms with van der Waals surface area (Å²) in [5, 5.41) is 17.7. The summed E-state index contributed by atoms with van der Waals surface area (Å²) >= 11 is 0. The van der Waals surface area contributed by atoms with Crippen molar-refractivity contribution >= 4 is 13.8 Å². The van der Waals surface area contributed by atoms with Gasteiger partial charge in [-0.25, -0.2) is 4.79 Å². The Kier molecular flexibility index (Phi) is 2.34. The first kappa shape index (κ1) is 8.33. The monoisotopic (exact) mass is 152 g/mol. The van der Waals surface area contributed by atoms with Crippen molar-refractivity contribution in [1.82, 2.24) is 0 Å². The molecule has 0 spiro atoms. The lowest BCUT2D eigenvalue weighted by Crippen LogP contribution is -2.19. The molecule has 0 aliphatic heterocycles. The van der Waals surface area contributed by atoms with Crippen molar-refractivity contribution < 1.29 is 15.0 Å². The highest BCUT2D eigenvalue weighted by Gasteiger charge is 2.20. The van der Waals surface area contributed by atoms with E-state index < -0.39 is 12.1 Å². The molecule has 0 saturated heterocycles. The van der Waals surface area contributed by atoms with Crippen LogP contribution in [0.2, 0.25) is 0 Å². The Morgan fingerprint density at radius 2 is 2.27 bits per heavy atom. The van der Waals surface area contributed by atoms with Gasteiger partial charge in [-0.1, -0.05) is 0 Å². The van der Waals surface area contributed by atoms with Gasteiger partial charge >= 0.3 is 5.97 Å². The molecule has 1 unspecified atom stereocenters. The quantitative estimate of drug-likeness (QED) is 0.521. The standard InChI is InChI=1S/C7H9BO3/c8-6-2-1-4(9)3-5(6)7(10)11/h4,9H,1-3H2,(H,10,11). The molecule has 0 aromatic rings. The van der Waals surface area contributed by atoms with Crippen LogP contribution in [0.3, 0.4) is 0 Å². The third-order valence-corrected chi connectivity index (χ3v) is 1.83. The van der Waals surface area contributed by atoms with Crippen LogP contribution in [0.1, 0.15) is 19.3 Å². The topological polar surface area (TPSA) is 57.5 Å². The van der Waals surface area contributed by atoms with Gasteiger partial charge in [-0.2, -0.15) is 0 Å². The highest BCUT2D eigenvalue weighted by atomic mass is 16.4. The second kappa shape index (κ2) is 3.09. The number of allylic oxidation sites excluding steroid dienone is 1. The van der Waals surface area contributed by atoms with Gasteiger partial charge in [-0.05, 0) is 12.8 Å². The number of aliphatic carboxylic acids is 1. The van der Waals surface area contributed by atoms with Gasteiger partial charge in [-0.3, -0.25) is 0 Å². The molecule has 3 nitrogen and oxygen atoms in total. The first-order chi connectivity index (χ1) is 5.11. The zero-order valence-corrected chi connectivity index (χ0v) is 6.08. The fourth-order valence-corrected chi connectivity index (χ4v) is 1.17. The highest BCUT2D eigenvalue weighted by molar-refractivity contribution is 6.24. The minimum Gasteiger partial charge on any atom is -0.478 e. The third kappa shape index (κ3) is 1.83. The molecule has 0 aromatic carbocycles. The number of aliphatic hydroxyl groups is 1. The molecule has 4 heteroatoms. The summed E-state index contributed by atoms with van der Waals surface area (Å²) < 4.78 is 0.